The van der Waals surface area contributed by atoms with Crippen LogP contribution < -0.4 is 5.32 Å². The van der Waals surface area contributed by atoms with Crippen LogP contribution in [0.2, 0.25) is 0 Å². The Kier molecular flexibility index (Phi) is 3.73. The van der Waals surface area contributed by atoms with Gasteiger partial charge in [-0.2, -0.15) is 11.3 Å². The van der Waals surface area contributed by atoms with Crippen molar-refractivity contribution in [1.82, 2.24) is 10.2 Å². The van der Waals surface area contributed by atoms with E-state index in [2.05, 4.69) is 27.0 Å². The Balaban J connectivity index is 1.32. The first-order valence-electron chi connectivity index (χ1n) is 7.97. The van der Waals surface area contributed by atoms with Crippen molar-refractivity contribution >= 4 is 17.2 Å². The molecule has 4 nitrogen and oxygen atoms in total. The zero-order chi connectivity index (χ0) is 14.2. The van der Waals surface area contributed by atoms with E-state index in [1.165, 1.54) is 5.56 Å². The van der Waals surface area contributed by atoms with Crippen LogP contribution in [-0.4, -0.2) is 42.1 Å². The van der Waals surface area contributed by atoms with Crippen LogP contribution in [0.3, 0.4) is 0 Å². The molecule has 2 saturated heterocycles. The van der Waals surface area contributed by atoms with Crippen molar-refractivity contribution in [3.05, 3.63) is 22.4 Å². The molecule has 0 unspecified atom stereocenters. The number of carbonyl (C=O) groups is 1. The van der Waals surface area contributed by atoms with Crippen LogP contribution in [0, 0.1) is 5.92 Å². The summed E-state index contributed by atoms with van der Waals surface area (Å²) in [5, 5.41) is 7.42. The molecule has 3 fully saturated rings. The van der Waals surface area contributed by atoms with E-state index < -0.39 is 0 Å². The Morgan fingerprint density at radius 3 is 3.10 bits per heavy atom. The Morgan fingerprint density at radius 1 is 1.43 bits per heavy atom. The van der Waals surface area contributed by atoms with Crippen molar-refractivity contribution in [2.75, 3.05) is 13.1 Å². The highest BCUT2D eigenvalue weighted by Gasteiger charge is 2.42. The normalized spacial score (nSPS) is 32.9. The van der Waals surface area contributed by atoms with Gasteiger partial charge in [-0.3, -0.25) is 9.69 Å². The molecule has 2 aliphatic heterocycles. The third-order valence-corrected chi connectivity index (χ3v) is 5.57. The average molecular weight is 306 g/mol. The van der Waals surface area contributed by atoms with Gasteiger partial charge in [-0.25, -0.2) is 0 Å². The molecule has 1 saturated carbocycles. The Hall–Kier alpha value is -0.910. The summed E-state index contributed by atoms with van der Waals surface area (Å²) in [6.45, 7) is 3.10. The largest absolute Gasteiger partial charge is 0.364 e. The van der Waals surface area contributed by atoms with Crippen molar-refractivity contribution in [3.8, 4) is 0 Å². The van der Waals surface area contributed by atoms with Gasteiger partial charge in [0.05, 0.1) is 6.10 Å². The first-order chi connectivity index (χ1) is 10.3. The van der Waals surface area contributed by atoms with Gasteiger partial charge in [0, 0.05) is 19.1 Å². The van der Waals surface area contributed by atoms with Crippen LogP contribution in [0.15, 0.2) is 16.8 Å². The van der Waals surface area contributed by atoms with E-state index in [0.717, 1.165) is 45.3 Å². The molecule has 1 amide bonds. The molecule has 1 aromatic heterocycles. The number of ether oxygens (including phenoxy) is 1. The lowest BCUT2D eigenvalue weighted by Crippen LogP contribution is -2.42. The number of nitrogens with zero attached hydrogens (tertiary/aromatic N) is 1. The average Bonchev–Trinajstić information content (AvgIpc) is 3.00. The van der Waals surface area contributed by atoms with E-state index in [1.54, 1.807) is 11.3 Å². The Morgan fingerprint density at radius 2 is 2.33 bits per heavy atom. The van der Waals surface area contributed by atoms with Gasteiger partial charge in [-0.15, -0.1) is 0 Å². The molecule has 1 aromatic rings. The van der Waals surface area contributed by atoms with E-state index in [1.807, 2.05) is 0 Å². The molecule has 0 bridgehead atoms. The summed E-state index contributed by atoms with van der Waals surface area (Å²) in [4.78, 5) is 14.6. The topological polar surface area (TPSA) is 41.6 Å². The maximum atomic E-state index is 12.1. The number of fused-ring (bicyclic) bond motifs is 1. The van der Waals surface area contributed by atoms with Gasteiger partial charge in [0.1, 0.15) is 6.10 Å². The molecule has 3 atom stereocenters. The van der Waals surface area contributed by atoms with E-state index in [-0.39, 0.29) is 18.1 Å². The number of rotatable bonds is 4. The van der Waals surface area contributed by atoms with Crippen molar-refractivity contribution in [3.63, 3.8) is 0 Å². The van der Waals surface area contributed by atoms with Crippen LogP contribution >= 0.6 is 11.3 Å². The van der Waals surface area contributed by atoms with Crippen LogP contribution in [-0.2, 0) is 16.1 Å². The van der Waals surface area contributed by atoms with E-state index in [4.69, 9.17) is 4.74 Å². The van der Waals surface area contributed by atoms with E-state index in [9.17, 15) is 4.79 Å². The summed E-state index contributed by atoms with van der Waals surface area (Å²) in [5.74, 6) is 0.690. The molecule has 0 radical (unpaired) electrons. The lowest BCUT2D eigenvalue weighted by atomic mass is 9.91. The van der Waals surface area contributed by atoms with Gasteiger partial charge < -0.3 is 10.1 Å². The predicted octanol–water partition coefficient (Wildman–Crippen LogP) is 2.01. The van der Waals surface area contributed by atoms with E-state index >= 15 is 0 Å². The summed E-state index contributed by atoms with van der Waals surface area (Å²) in [6.07, 6.45) is 4.38. The predicted molar refractivity (Wildman–Crippen MR) is 82.1 cm³/mol. The van der Waals surface area contributed by atoms with Gasteiger partial charge in [0.2, 0.25) is 5.91 Å². The zero-order valence-electron chi connectivity index (χ0n) is 12.2. The highest BCUT2D eigenvalue weighted by molar-refractivity contribution is 7.07. The number of nitrogens with one attached hydrogen (secondary N) is 1. The summed E-state index contributed by atoms with van der Waals surface area (Å²) in [7, 11) is 0. The molecule has 5 heteroatoms. The molecule has 1 N–H and O–H groups in total. The number of amides is 1. The van der Waals surface area contributed by atoms with Gasteiger partial charge >= 0.3 is 0 Å². The summed E-state index contributed by atoms with van der Waals surface area (Å²) in [6, 6.07) is 2.62. The van der Waals surface area contributed by atoms with Crippen LogP contribution in [0.4, 0.5) is 0 Å². The summed E-state index contributed by atoms with van der Waals surface area (Å²) < 4.78 is 6.05. The van der Waals surface area contributed by atoms with Crippen molar-refractivity contribution < 1.29 is 9.53 Å². The minimum absolute atomic E-state index is 0.122. The van der Waals surface area contributed by atoms with Gasteiger partial charge in [0.15, 0.2) is 0 Å². The van der Waals surface area contributed by atoms with Gasteiger partial charge in [-0.1, -0.05) is 0 Å². The lowest BCUT2D eigenvalue weighted by molar-refractivity contribution is -0.133. The highest BCUT2D eigenvalue weighted by atomic mass is 32.1. The smallest absolute Gasteiger partial charge is 0.249 e. The molecule has 114 valence electrons. The number of thiophene rings is 1. The second kappa shape index (κ2) is 5.71. The molecular weight excluding hydrogens is 284 g/mol. The second-order valence-corrected chi connectivity index (χ2v) is 7.38. The van der Waals surface area contributed by atoms with Crippen molar-refractivity contribution in [1.29, 1.82) is 0 Å². The maximum Gasteiger partial charge on any atom is 0.249 e. The number of piperidine rings is 1. The molecule has 0 spiro atoms. The number of carbonyl (C=O) groups excluding carboxylic acids is 1. The van der Waals surface area contributed by atoms with E-state index in [0.29, 0.717) is 12.0 Å². The third-order valence-electron chi connectivity index (χ3n) is 4.84. The Labute approximate surface area is 129 Å². The monoisotopic (exact) mass is 306 g/mol. The molecule has 21 heavy (non-hydrogen) atoms. The van der Waals surface area contributed by atoms with Crippen LogP contribution in [0.25, 0.3) is 0 Å². The fourth-order valence-electron chi connectivity index (χ4n) is 3.47. The zero-order valence-corrected chi connectivity index (χ0v) is 13.0. The minimum atomic E-state index is -0.207. The standard InChI is InChI=1S/C16H22N2O2S/c19-16(17-13-1-2-13)14-7-12-3-5-18(9-15(12)20-14)8-11-4-6-21-10-11/h4,6,10,12-15H,1-3,5,7-9H2,(H,17,19)/t12-,14+,15-/m1/s1. The molecule has 0 aromatic carbocycles. The van der Waals surface area contributed by atoms with Gasteiger partial charge in [-0.05, 0) is 60.5 Å². The number of hydrogen-bond donors (Lipinski definition) is 1. The first kappa shape index (κ1) is 13.7. The molecule has 4 rings (SSSR count). The summed E-state index contributed by atoms with van der Waals surface area (Å²) in [5.41, 5.74) is 1.39. The second-order valence-electron chi connectivity index (χ2n) is 6.60. The molecule has 3 heterocycles. The molecule has 3 aliphatic rings. The van der Waals surface area contributed by atoms with Crippen LogP contribution in [0.1, 0.15) is 31.2 Å². The fraction of sp³-hybridized carbons (Fsp3) is 0.688. The molecular formula is C16H22N2O2S. The van der Waals surface area contributed by atoms with Crippen molar-refractivity contribution in [2.24, 2.45) is 5.92 Å². The van der Waals surface area contributed by atoms with Crippen LogP contribution in [0.5, 0.6) is 0 Å². The number of likely N-dealkylation sites (tertiary alicyclic amines) is 1. The minimum Gasteiger partial charge on any atom is -0.364 e. The third kappa shape index (κ3) is 3.15. The van der Waals surface area contributed by atoms with Gasteiger partial charge in [0.25, 0.3) is 0 Å². The number of hydrogen-bond acceptors (Lipinski definition) is 4. The van der Waals surface area contributed by atoms with Crippen molar-refractivity contribution in [2.45, 2.75) is 50.5 Å². The summed E-state index contributed by atoms with van der Waals surface area (Å²) >= 11 is 1.75. The first-order valence-corrected chi connectivity index (χ1v) is 8.91. The maximum absolute atomic E-state index is 12.1. The SMILES string of the molecule is O=C(NC1CC1)[C@@H]1C[C@H]2CCN(Cc3ccsc3)C[C@H]2O1. The Bertz CT molecular complexity index is 500. The molecule has 1 aliphatic carbocycles. The fourth-order valence-corrected chi connectivity index (χ4v) is 4.13. The lowest BCUT2D eigenvalue weighted by Gasteiger charge is -2.33. The highest BCUT2D eigenvalue weighted by Crippen LogP contribution is 2.34. The quantitative estimate of drug-likeness (QED) is 0.925.